The molecular weight excluding hydrogens is 509 g/mol. The zero-order chi connectivity index (χ0) is 17.5. The largest absolute Gasteiger partial charge is 0.495 e. The third kappa shape index (κ3) is 5.42. The Labute approximate surface area is 165 Å². The minimum absolute atomic E-state index is 0.160. The fraction of sp³-hybridized carbons (Fsp3) is 0.267. The van der Waals surface area contributed by atoms with Crippen molar-refractivity contribution >= 4 is 67.2 Å². The third-order valence-corrected chi connectivity index (χ3v) is 4.84. The molecular formula is C15H15BrIN3O3S. The first-order valence-electron chi connectivity index (χ1n) is 6.95. The molecule has 0 amide bonds. The summed E-state index contributed by atoms with van der Waals surface area (Å²) in [6.07, 6.45) is 1.82. The van der Waals surface area contributed by atoms with Gasteiger partial charge in [0.25, 0.3) is 0 Å². The average Bonchev–Trinajstić information content (AvgIpc) is 2.94. The number of benzene rings is 1. The average molecular weight is 524 g/mol. The first-order valence-corrected chi connectivity index (χ1v) is 9.70. The van der Waals surface area contributed by atoms with E-state index in [-0.39, 0.29) is 12.4 Å². The SMILES string of the molecule is CCOC(=O)Cc1csc(NN=Cc2cc(Br)cc(I)c2OC)n1. The molecule has 1 N–H and O–H groups in total. The molecule has 128 valence electrons. The molecule has 1 aromatic heterocycles. The van der Waals surface area contributed by atoms with Crippen LogP contribution >= 0.6 is 49.9 Å². The van der Waals surface area contributed by atoms with E-state index in [1.165, 1.54) is 11.3 Å². The second-order valence-electron chi connectivity index (χ2n) is 4.51. The number of nitrogens with one attached hydrogen (secondary N) is 1. The molecule has 9 heteroatoms. The van der Waals surface area contributed by atoms with Crippen molar-refractivity contribution in [2.24, 2.45) is 5.10 Å². The van der Waals surface area contributed by atoms with Gasteiger partial charge in [-0.25, -0.2) is 4.98 Å². The van der Waals surface area contributed by atoms with Crippen LogP contribution in [0.3, 0.4) is 0 Å². The summed E-state index contributed by atoms with van der Waals surface area (Å²) in [5.41, 5.74) is 4.36. The lowest BCUT2D eigenvalue weighted by Crippen LogP contribution is -2.07. The van der Waals surface area contributed by atoms with E-state index < -0.39 is 0 Å². The highest BCUT2D eigenvalue weighted by molar-refractivity contribution is 14.1. The Morgan fingerprint density at radius 3 is 3.04 bits per heavy atom. The zero-order valence-corrected chi connectivity index (χ0v) is 17.6. The lowest BCUT2D eigenvalue weighted by atomic mass is 10.2. The third-order valence-electron chi connectivity index (χ3n) is 2.79. The van der Waals surface area contributed by atoms with Crippen LogP contribution in [0, 0.1) is 3.57 Å². The lowest BCUT2D eigenvalue weighted by molar-refractivity contribution is -0.142. The van der Waals surface area contributed by atoms with Gasteiger partial charge in [-0.3, -0.25) is 10.2 Å². The van der Waals surface area contributed by atoms with Crippen molar-refractivity contribution in [3.8, 4) is 5.75 Å². The van der Waals surface area contributed by atoms with E-state index in [0.29, 0.717) is 17.4 Å². The molecule has 0 radical (unpaired) electrons. The maximum Gasteiger partial charge on any atom is 0.311 e. The normalized spacial score (nSPS) is 10.8. The molecule has 0 atom stereocenters. The van der Waals surface area contributed by atoms with E-state index in [9.17, 15) is 4.79 Å². The predicted molar refractivity (Wildman–Crippen MR) is 107 cm³/mol. The van der Waals surface area contributed by atoms with Crippen LogP contribution in [0.1, 0.15) is 18.2 Å². The van der Waals surface area contributed by atoms with E-state index in [0.717, 1.165) is 19.4 Å². The van der Waals surface area contributed by atoms with Crippen molar-refractivity contribution in [2.45, 2.75) is 13.3 Å². The van der Waals surface area contributed by atoms with Crippen molar-refractivity contribution in [3.63, 3.8) is 0 Å². The van der Waals surface area contributed by atoms with Crippen LogP contribution in [-0.4, -0.2) is 30.9 Å². The number of esters is 1. The Bertz CT molecular complexity index is 752. The van der Waals surface area contributed by atoms with Gasteiger partial charge in [0.05, 0.1) is 35.6 Å². The fourth-order valence-electron chi connectivity index (χ4n) is 1.85. The molecule has 1 heterocycles. The Morgan fingerprint density at radius 2 is 2.33 bits per heavy atom. The number of halogens is 2. The van der Waals surface area contributed by atoms with Gasteiger partial charge in [-0.1, -0.05) is 15.9 Å². The summed E-state index contributed by atoms with van der Waals surface area (Å²) in [7, 11) is 1.62. The molecule has 2 rings (SSSR count). The van der Waals surface area contributed by atoms with Gasteiger partial charge < -0.3 is 9.47 Å². The summed E-state index contributed by atoms with van der Waals surface area (Å²) >= 11 is 7.04. The van der Waals surface area contributed by atoms with E-state index in [4.69, 9.17) is 9.47 Å². The number of aromatic nitrogens is 1. The molecule has 0 unspecified atom stereocenters. The minimum Gasteiger partial charge on any atom is -0.495 e. The Kier molecular flexibility index (Phi) is 7.43. The van der Waals surface area contributed by atoms with Crippen LogP contribution in [-0.2, 0) is 16.0 Å². The molecule has 0 saturated heterocycles. The maximum atomic E-state index is 11.4. The first kappa shape index (κ1) is 19.1. The number of nitrogens with zero attached hydrogens (tertiary/aromatic N) is 2. The highest BCUT2D eigenvalue weighted by atomic mass is 127. The molecule has 0 aliphatic heterocycles. The number of hydrogen-bond acceptors (Lipinski definition) is 7. The van der Waals surface area contributed by atoms with Gasteiger partial charge in [0.1, 0.15) is 5.75 Å². The van der Waals surface area contributed by atoms with Crippen LogP contribution in [0.15, 0.2) is 27.1 Å². The number of carbonyl (C=O) groups excluding carboxylic acids is 1. The summed E-state index contributed by atoms with van der Waals surface area (Å²) in [4.78, 5) is 15.7. The standard InChI is InChI=1S/C15H15BrIN3O3S/c1-3-23-13(21)6-11-8-24-15(19-11)20-18-7-9-4-10(16)5-12(17)14(9)22-2/h4-5,7-8H,3,6H2,1-2H3,(H,19,20). The molecule has 0 bridgehead atoms. The van der Waals surface area contributed by atoms with Crippen molar-refractivity contribution in [1.82, 2.24) is 4.98 Å². The van der Waals surface area contributed by atoms with Gasteiger partial charge in [-0.05, 0) is 41.6 Å². The van der Waals surface area contributed by atoms with E-state index in [1.54, 1.807) is 25.6 Å². The summed E-state index contributed by atoms with van der Waals surface area (Å²) in [6, 6.07) is 3.88. The predicted octanol–water partition coefficient (Wildman–Crippen LogP) is 4.07. The van der Waals surface area contributed by atoms with Crippen LogP contribution < -0.4 is 10.2 Å². The van der Waals surface area contributed by atoms with Crippen molar-refractivity contribution in [3.05, 3.63) is 36.8 Å². The minimum atomic E-state index is -0.286. The Morgan fingerprint density at radius 1 is 1.54 bits per heavy atom. The molecule has 6 nitrogen and oxygen atoms in total. The molecule has 0 aliphatic carbocycles. The second-order valence-corrected chi connectivity index (χ2v) is 7.44. The van der Waals surface area contributed by atoms with Crippen LogP contribution in [0.4, 0.5) is 5.13 Å². The topological polar surface area (TPSA) is 72.8 Å². The van der Waals surface area contributed by atoms with Crippen LogP contribution in [0.25, 0.3) is 0 Å². The van der Waals surface area contributed by atoms with Crippen molar-refractivity contribution in [1.29, 1.82) is 0 Å². The monoisotopic (exact) mass is 523 g/mol. The second kappa shape index (κ2) is 9.33. The molecule has 0 fully saturated rings. The summed E-state index contributed by atoms with van der Waals surface area (Å²) in [5, 5.41) is 6.59. The highest BCUT2D eigenvalue weighted by Crippen LogP contribution is 2.28. The molecule has 0 aliphatic rings. The van der Waals surface area contributed by atoms with Gasteiger partial charge in [-0.2, -0.15) is 5.10 Å². The number of hydrazone groups is 1. The maximum absolute atomic E-state index is 11.4. The molecule has 1 aromatic carbocycles. The summed E-state index contributed by atoms with van der Waals surface area (Å²) < 4.78 is 12.2. The Hall–Kier alpha value is -1.20. The van der Waals surface area contributed by atoms with Crippen molar-refractivity contribution < 1.29 is 14.3 Å². The fourth-order valence-corrected chi connectivity index (χ4v) is 4.28. The summed E-state index contributed by atoms with van der Waals surface area (Å²) in [5.74, 6) is 0.470. The van der Waals surface area contributed by atoms with Gasteiger partial charge >= 0.3 is 5.97 Å². The first-order chi connectivity index (χ1) is 11.5. The number of hydrogen-bond donors (Lipinski definition) is 1. The quantitative estimate of drug-likeness (QED) is 0.256. The van der Waals surface area contributed by atoms with Gasteiger partial charge in [0.2, 0.25) is 5.13 Å². The van der Waals surface area contributed by atoms with Crippen LogP contribution in [0.2, 0.25) is 0 Å². The number of anilines is 1. The lowest BCUT2D eigenvalue weighted by Gasteiger charge is -2.07. The van der Waals surface area contributed by atoms with E-state index >= 15 is 0 Å². The van der Waals surface area contributed by atoms with E-state index in [1.807, 2.05) is 12.1 Å². The van der Waals surface area contributed by atoms with Crippen LogP contribution in [0.5, 0.6) is 5.75 Å². The zero-order valence-electron chi connectivity index (χ0n) is 13.0. The molecule has 0 spiro atoms. The van der Waals surface area contributed by atoms with E-state index in [2.05, 4.69) is 54.0 Å². The summed E-state index contributed by atoms with van der Waals surface area (Å²) in [6.45, 7) is 2.14. The Balaban J connectivity index is 2.02. The van der Waals surface area contributed by atoms with Gasteiger partial charge in [0, 0.05) is 15.4 Å². The number of thiazole rings is 1. The highest BCUT2D eigenvalue weighted by Gasteiger charge is 2.09. The molecule has 24 heavy (non-hydrogen) atoms. The van der Waals surface area contributed by atoms with Crippen molar-refractivity contribution in [2.75, 3.05) is 19.1 Å². The molecule has 2 aromatic rings. The smallest absolute Gasteiger partial charge is 0.311 e. The van der Waals surface area contributed by atoms with Gasteiger partial charge in [0.15, 0.2) is 0 Å². The van der Waals surface area contributed by atoms with Gasteiger partial charge in [-0.15, -0.1) is 11.3 Å². The number of rotatable bonds is 7. The number of ether oxygens (including phenoxy) is 2. The number of carbonyl (C=O) groups is 1. The molecule has 0 saturated carbocycles. The number of methoxy groups -OCH3 is 1.